The van der Waals surface area contributed by atoms with Crippen molar-refractivity contribution in [1.29, 1.82) is 0 Å². The van der Waals surface area contributed by atoms with E-state index in [4.69, 9.17) is 14.2 Å². The van der Waals surface area contributed by atoms with Crippen molar-refractivity contribution < 1.29 is 23.8 Å². The van der Waals surface area contributed by atoms with Crippen LogP contribution in [0.5, 0.6) is 0 Å². The molecule has 34 heavy (non-hydrogen) atoms. The summed E-state index contributed by atoms with van der Waals surface area (Å²) in [6.07, 6.45) is 7.11. The summed E-state index contributed by atoms with van der Waals surface area (Å²) in [6, 6.07) is 17.4. The molecule has 2 aromatic carbocycles. The average Bonchev–Trinajstić information content (AvgIpc) is 3.22. The van der Waals surface area contributed by atoms with Crippen LogP contribution in [0.4, 0.5) is 0 Å². The molecule has 5 nitrogen and oxygen atoms in total. The van der Waals surface area contributed by atoms with Crippen molar-refractivity contribution in [2.75, 3.05) is 7.11 Å². The normalized spacial score (nSPS) is 24.6. The smallest absolute Gasteiger partial charge is 0.337 e. The molecule has 2 atom stereocenters. The molecule has 1 aliphatic carbocycles. The van der Waals surface area contributed by atoms with Gasteiger partial charge in [0.25, 0.3) is 0 Å². The number of halogens is 1. The van der Waals surface area contributed by atoms with Crippen LogP contribution in [0.15, 0.2) is 70.7 Å². The van der Waals surface area contributed by atoms with Crippen molar-refractivity contribution in [1.82, 2.24) is 0 Å². The Morgan fingerprint density at radius 3 is 2.47 bits per heavy atom. The van der Waals surface area contributed by atoms with Gasteiger partial charge in [-0.05, 0) is 84.5 Å². The Balaban J connectivity index is 1.57. The van der Waals surface area contributed by atoms with Crippen molar-refractivity contribution in [2.24, 2.45) is 0 Å². The minimum atomic E-state index is -0.965. The van der Waals surface area contributed by atoms with Crippen molar-refractivity contribution in [3.05, 3.63) is 87.4 Å². The van der Waals surface area contributed by atoms with Crippen LogP contribution in [0.1, 0.15) is 54.6 Å². The fraction of sp³-hybridized carbons (Fsp3) is 0.357. The second-order valence-electron chi connectivity index (χ2n) is 9.13. The van der Waals surface area contributed by atoms with Crippen LogP contribution >= 0.6 is 15.9 Å². The highest BCUT2D eigenvalue weighted by molar-refractivity contribution is 9.12. The van der Waals surface area contributed by atoms with Gasteiger partial charge in [-0.1, -0.05) is 48.9 Å². The lowest BCUT2D eigenvalue weighted by Crippen LogP contribution is -2.39. The molecule has 1 aliphatic heterocycles. The second kappa shape index (κ2) is 9.98. The van der Waals surface area contributed by atoms with E-state index in [1.54, 1.807) is 24.3 Å². The van der Waals surface area contributed by atoms with Gasteiger partial charge in [-0.3, -0.25) is 4.79 Å². The molecule has 2 aromatic rings. The Labute approximate surface area is 208 Å². The molecule has 0 amide bonds. The Morgan fingerprint density at radius 1 is 1.09 bits per heavy atom. The van der Waals surface area contributed by atoms with E-state index >= 15 is 0 Å². The number of hydrogen-bond donors (Lipinski definition) is 0. The van der Waals surface area contributed by atoms with Crippen LogP contribution in [0.2, 0.25) is 0 Å². The predicted octanol–water partition coefficient (Wildman–Crippen LogP) is 6.02. The fourth-order valence-corrected chi connectivity index (χ4v) is 5.22. The zero-order valence-corrected chi connectivity index (χ0v) is 21.3. The third-order valence-electron chi connectivity index (χ3n) is 6.21. The summed E-state index contributed by atoms with van der Waals surface area (Å²) in [6.45, 7) is 3.76. The number of rotatable bonds is 7. The minimum absolute atomic E-state index is 0.118. The average molecular weight is 525 g/mol. The monoisotopic (exact) mass is 524 g/mol. The number of carbonyl (C=O) groups is 2. The van der Waals surface area contributed by atoms with Crippen LogP contribution in [0, 0.1) is 0 Å². The predicted molar refractivity (Wildman–Crippen MR) is 135 cm³/mol. The number of ketones is 1. The molecule has 0 saturated carbocycles. The Morgan fingerprint density at radius 2 is 1.79 bits per heavy atom. The van der Waals surface area contributed by atoms with Crippen LogP contribution in [0.3, 0.4) is 0 Å². The number of ether oxygens (including phenoxy) is 3. The van der Waals surface area contributed by atoms with Gasteiger partial charge in [0.15, 0.2) is 11.6 Å². The molecular weight excluding hydrogens is 496 g/mol. The Hall–Kier alpha value is -2.54. The summed E-state index contributed by atoms with van der Waals surface area (Å²) in [5.41, 5.74) is 2.13. The third-order valence-corrected chi connectivity index (χ3v) is 6.80. The molecule has 1 saturated heterocycles. The minimum Gasteiger partial charge on any atom is -0.465 e. The van der Waals surface area contributed by atoms with Gasteiger partial charge in [0, 0.05) is 5.57 Å². The number of Topliss-reactive ketones (excluding diaryl/α,β-unsaturated/α-hetero) is 1. The SMILES string of the molecule is COC(=O)c1ccc(/C=C2\C(=O)C(Br)=C[C@]23OC(C)(C)O[C@@H]3CCCCc2ccccc2)cc1. The molecule has 1 spiro atoms. The third kappa shape index (κ3) is 5.09. The standard InChI is InChI=1S/C28H29BrO5/c1-27(2)33-24(12-8-7-11-19-9-5-4-6-10-19)28(34-27)18-23(29)25(30)22(28)17-20-13-15-21(16-14-20)26(31)32-3/h4-6,9-10,13-18,24H,7-8,11-12H2,1-3H3/b22-17+/t24-,28+/m1/s1. The van der Waals surface area contributed by atoms with E-state index in [0.29, 0.717) is 15.6 Å². The van der Waals surface area contributed by atoms with Crippen LogP contribution < -0.4 is 0 Å². The first-order valence-electron chi connectivity index (χ1n) is 11.5. The van der Waals surface area contributed by atoms with Gasteiger partial charge in [0.05, 0.1) is 23.3 Å². The van der Waals surface area contributed by atoms with Crippen molar-refractivity contribution in [3.8, 4) is 0 Å². The molecule has 1 heterocycles. The summed E-state index contributed by atoms with van der Waals surface area (Å²) in [4.78, 5) is 24.9. The molecule has 0 aromatic heterocycles. The maximum Gasteiger partial charge on any atom is 0.337 e. The van der Waals surface area contributed by atoms with E-state index in [2.05, 4.69) is 40.2 Å². The maximum atomic E-state index is 13.2. The first-order valence-corrected chi connectivity index (χ1v) is 12.3. The first kappa shape index (κ1) is 24.6. The largest absolute Gasteiger partial charge is 0.465 e. The van der Waals surface area contributed by atoms with E-state index in [0.717, 1.165) is 31.2 Å². The molecule has 2 aliphatic rings. The van der Waals surface area contributed by atoms with Crippen molar-refractivity contribution in [2.45, 2.75) is 57.0 Å². The molecule has 0 N–H and O–H groups in total. The molecule has 178 valence electrons. The topological polar surface area (TPSA) is 61.8 Å². The lowest BCUT2D eigenvalue weighted by molar-refractivity contribution is -0.151. The van der Waals surface area contributed by atoms with Crippen molar-refractivity contribution >= 4 is 33.8 Å². The van der Waals surface area contributed by atoms with E-state index in [-0.39, 0.29) is 11.9 Å². The lowest BCUT2D eigenvalue weighted by Gasteiger charge is -2.28. The number of hydrogen-bond acceptors (Lipinski definition) is 5. The Kier molecular flexibility index (Phi) is 7.22. The number of esters is 1. The fourth-order valence-electron chi connectivity index (χ4n) is 4.67. The van der Waals surface area contributed by atoms with Crippen molar-refractivity contribution in [3.63, 3.8) is 0 Å². The molecular formula is C28H29BrO5. The van der Waals surface area contributed by atoms with Gasteiger partial charge < -0.3 is 14.2 Å². The number of benzene rings is 2. The van der Waals surface area contributed by atoms with E-state index in [9.17, 15) is 9.59 Å². The number of unbranched alkanes of at least 4 members (excludes halogenated alkanes) is 1. The number of aryl methyl sites for hydroxylation is 1. The number of allylic oxidation sites excluding steroid dienone is 1. The maximum absolute atomic E-state index is 13.2. The van der Waals surface area contributed by atoms with Gasteiger partial charge >= 0.3 is 5.97 Å². The molecule has 4 rings (SSSR count). The van der Waals surface area contributed by atoms with Crippen LogP contribution in [-0.4, -0.2) is 36.4 Å². The first-order chi connectivity index (χ1) is 16.2. The molecule has 0 radical (unpaired) electrons. The molecule has 6 heteroatoms. The molecule has 0 bridgehead atoms. The number of methoxy groups -OCH3 is 1. The Bertz CT molecular complexity index is 1120. The van der Waals surface area contributed by atoms with Gasteiger partial charge in [-0.15, -0.1) is 0 Å². The van der Waals surface area contributed by atoms with Gasteiger partial charge in [0.2, 0.25) is 0 Å². The molecule has 1 fully saturated rings. The van der Waals surface area contributed by atoms with Crippen LogP contribution in [-0.2, 0) is 25.4 Å². The quantitative estimate of drug-likeness (QED) is 0.251. The summed E-state index contributed by atoms with van der Waals surface area (Å²) >= 11 is 3.43. The zero-order valence-electron chi connectivity index (χ0n) is 19.7. The summed E-state index contributed by atoms with van der Waals surface area (Å²) in [5.74, 6) is -1.35. The highest BCUT2D eigenvalue weighted by atomic mass is 79.9. The summed E-state index contributed by atoms with van der Waals surface area (Å²) in [5, 5.41) is 0. The number of carbonyl (C=O) groups excluding carboxylic acids is 2. The highest BCUT2D eigenvalue weighted by Gasteiger charge is 2.58. The van der Waals surface area contributed by atoms with E-state index < -0.39 is 17.4 Å². The molecule has 0 unspecified atom stereocenters. The summed E-state index contributed by atoms with van der Waals surface area (Å²) in [7, 11) is 1.35. The van der Waals surface area contributed by atoms with Gasteiger partial charge in [-0.25, -0.2) is 4.79 Å². The van der Waals surface area contributed by atoms with Gasteiger partial charge in [-0.2, -0.15) is 0 Å². The summed E-state index contributed by atoms with van der Waals surface area (Å²) < 4.78 is 18.0. The van der Waals surface area contributed by atoms with Gasteiger partial charge in [0.1, 0.15) is 5.60 Å². The van der Waals surface area contributed by atoms with Crippen LogP contribution in [0.25, 0.3) is 6.08 Å². The van der Waals surface area contributed by atoms with E-state index in [1.807, 2.05) is 32.1 Å². The second-order valence-corrected chi connectivity index (χ2v) is 9.98. The zero-order chi connectivity index (χ0) is 24.3. The van der Waals surface area contributed by atoms with E-state index in [1.165, 1.54) is 12.7 Å². The lowest BCUT2D eigenvalue weighted by atomic mass is 9.86. The highest BCUT2D eigenvalue weighted by Crippen LogP contribution is 2.50.